The highest BCUT2D eigenvalue weighted by atomic mass is 19.1. The number of benzene rings is 2. The summed E-state index contributed by atoms with van der Waals surface area (Å²) in [6.07, 6.45) is 3.52. The van der Waals surface area contributed by atoms with Gasteiger partial charge in [-0.1, -0.05) is 36.4 Å². The Balaban J connectivity index is 1.45. The first-order valence-corrected chi connectivity index (χ1v) is 10.1. The van der Waals surface area contributed by atoms with Crippen molar-refractivity contribution in [3.8, 4) is 0 Å². The summed E-state index contributed by atoms with van der Waals surface area (Å²) in [4.78, 5) is 25.2. The lowest BCUT2D eigenvalue weighted by Crippen LogP contribution is -2.47. The summed E-state index contributed by atoms with van der Waals surface area (Å²) in [5, 5.41) is 9.17. The van der Waals surface area contributed by atoms with Gasteiger partial charge in [0.25, 0.3) is 5.91 Å². The number of halogens is 1. The normalized spacial score (nSPS) is 21.5. The third-order valence-electron chi connectivity index (χ3n) is 6.14. The predicted octanol–water partition coefficient (Wildman–Crippen LogP) is 3.54. The zero-order chi connectivity index (χ0) is 21.1. The van der Waals surface area contributed by atoms with E-state index in [0.29, 0.717) is 5.92 Å². The average Bonchev–Trinajstić information content (AvgIpc) is 2.79. The standard InChI is InChI=1S/C23H24FN3O3/c1-30-23(12-10-16(11-13-23)15-6-3-2-4-7-15)14-25-22(29)20-21(28)17-8-5-9-18(24)19(17)26-27-20/h2-9,16H,10-14H2,1H3,(H,25,29)(H,26,28). The number of carbonyl (C=O) groups excluding carboxylic acids is 1. The molecule has 1 amide bonds. The summed E-state index contributed by atoms with van der Waals surface area (Å²) >= 11 is 0. The Morgan fingerprint density at radius 3 is 2.63 bits per heavy atom. The number of aromatic nitrogens is 2. The monoisotopic (exact) mass is 409 g/mol. The number of methoxy groups -OCH3 is 1. The van der Waals surface area contributed by atoms with Gasteiger partial charge in [-0.2, -0.15) is 5.10 Å². The van der Waals surface area contributed by atoms with Gasteiger partial charge in [0.2, 0.25) is 5.43 Å². The minimum Gasteiger partial charge on any atom is -0.376 e. The fourth-order valence-electron chi connectivity index (χ4n) is 4.25. The molecule has 0 spiro atoms. The Hall–Kier alpha value is -3.06. The molecule has 1 fully saturated rings. The largest absolute Gasteiger partial charge is 0.376 e. The van der Waals surface area contributed by atoms with Gasteiger partial charge in [0.05, 0.1) is 11.0 Å². The van der Waals surface area contributed by atoms with Crippen LogP contribution in [0.2, 0.25) is 0 Å². The first-order valence-electron chi connectivity index (χ1n) is 10.1. The zero-order valence-electron chi connectivity index (χ0n) is 16.8. The summed E-state index contributed by atoms with van der Waals surface area (Å²) in [5.41, 5.74) is -0.0363. The van der Waals surface area contributed by atoms with Gasteiger partial charge in [-0.05, 0) is 49.3 Å². The van der Waals surface area contributed by atoms with Gasteiger partial charge in [0.15, 0.2) is 5.69 Å². The molecule has 156 valence electrons. The minimum absolute atomic E-state index is 0.00774. The Morgan fingerprint density at radius 2 is 1.93 bits per heavy atom. The summed E-state index contributed by atoms with van der Waals surface area (Å²) in [6, 6.07) is 14.5. The predicted molar refractivity (Wildman–Crippen MR) is 112 cm³/mol. The molecule has 6 nitrogen and oxygen atoms in total. The van der Waals surface area contributed by atoms with Crippen molar-refractivity contribution in [3.05, 3.63) is 75.8 Å². The van der Waals surface area contributed by atoms with E-state index in [2.05, 4.69) is 27.6 Å². The van der Waals surface area contributed by atoms with Crippen molar-refractivity contribution < 1.29 is 13.9 Å². The maximum atomic E-state index is 13.8. The van der Waals surface area contributed by atoms with Crippen LogP contribution in [0.4, 0.5) is 4.39 Å². The van der Waals surface area contributed by atoms with Crippen LogP contribution in [0, 0.1) is 5.82 Å². The van der Waals surface area contributed by atoms with Crippen LogP contribution in [0.5, 0.6) is 0 Å². The van der Waals surface area contributed by atoms with Crippen molar-refractivity contribution in [1.82, 2.24) is 15.5 Å². The minimum atomic E-state index is -0.597. The van der Waals surface area contributed by atoms with E-state index >= 15 is 0 Å². The third-order valence-corrected chi connectivity index (χ3v) is 6.14. The van der Waals surface area contributed by atoms with E-state index in [1.807, 2.05) is 18.2 Å². The number of amides is 1. The van der Waals surface area contributed by atoms with Crippen molar-refractivity contribution in [2.45, 2.75) is 37.2 Å². The second-order valence-corrected chi connectivity index (χ2v) is 7.82. The van der Waals surface area contributed by atoms with Crippen molar-refractivity contribution in [2.75, 3.05) is 13.7 Å². The summed E-state index contributed by atoms with van der Waals surface area (Å²) in [7, 11) is 1.65. The van der Waals surface area contributed by atoms with Gasteiger partial charge in [0, 0.05) is 13.7 Å². The fourth-order valence-corrected chi connectivity index (χ4v) is 4.25. The SMILES string of the molecule is COC1(CNC(=O)c2n[nH]c3c(F)cccc3c2=O)CCC(c2ccccc2)CC1. The second-order valence-electron chi connectivity index (χ2n) is 7.82. The molecule has 1 saturated carbocycles. The molecule has 1 aliphatic carbocycles. The number of hydrogen-bond donors (Lipinski definition) is 2. The highest BCUT2D eigenvalue weighted by Gasteiger charge is 2.36. The van der Waals surface area contributed by atoms with E-state index in [1.54, 1.807) is 7.11 Å². The summed E-state index contributed by atoms with van der Waals surface area (Å²) in [6.45, 7) is 0.284. The molecule has 3 aromatic rings. The first-order chi connectivity index (χ1) is 14.5. The Labute approximate surface area is 173 Å². The molecular formula is C23H24FN3O3. The van der Waals surface area contributed by atoms with E-state index in [4.69, 9.17) is 4.74 Å². The molecule has 1 aliphatic rings. The number of para-hydroxylation sites is 1. The van der Waals surface area contributed by atoms with Gasteiger partial charge in [-0.25, -0.2) is 4.39 Å². The molecule has 0 aliphatic heterocycles. The van der Waals surface area contributed by atoms with Crippen LogP contribution in [0.3, 0.4) is 0 Å². The maximum Gasteiger partial charge on any atom is 0.275 e. The molecule has 2 aromatic carbocycles. The van der Waals surface area contributed by atoms with Crippen molar-refractivity contribution in [1.29, 1.82) is 0 Å². The molecule has 4 rings (SSSR count). The van der Waals surface area contributed by atoms with E-state index in [1.165, 1.54) is 23.8 Å². The highest BCUT2D eigenvalue weighted by molar-refractivity contribution is 5.95. The summed E-state index contributed by atoms with van der Waals surface area (Å²) < 4.78 is 19.6. The number of H-pyrrole nitrogens is 1. The quantitative estimate of drug-likeness (QED) is 0.675. The van der Waals surface area contributed by atoms with Crippen LogP contribution in [0.1, 0.15) is 47.7 Å². The molecular weight excluding hydrogens is 385 g/mol. The van der Waals surface area contributed by atoms with Crippen LogP contribution in [0.15, 0.2) is 53.3 Å². The number of nitrogens with one attached hydrogen (secondary N) is 2. The smallest absolute Gasteiger partial charge is 0.275 e. The highest BCUT2D eigenvalue weighted by Crippen LogP contribution is 2.39. The molecule has 0 atom stereocenters. The number of aromatic amines is 1. The Bertz CT molecular complexity index is 1110. The fraction of sp³-hybridized carbons (Fsp3) is 0.348. The topological polar surface area (TPSA) is 84.1 Å². The number of nitrogens with zero attached hydrogens (tertiary/aromatic N) is 1. The molecule has 0 bridgehead atoms. The molecule has 0 radical (unpaired) electrons. The lowest BCUT2D eigenvalue weighted by molar-refractivity contribution is -0.0400. The number of carbonyl (C=O) groups is 1. The molecule has 7 heteroatoms. The lowest BCUT2D eigenvalue weighted by atomic mass is 9.76. The third kappa shape index (κ3) is 3.85. The van der Waals surface area contributed by atoms with Crippen molar-refractivity contribution in [3.63, 3.8) is 0 Å². The van der Waals surface area contributed by atoms with E-state index in [9.17, 15) is 14.0 Å². The van der Waals surface area contributed by atoms with Crippen molar-refractivity contribution in [2.24, 2.45) is 0 Å². The number of hydrogen-bond acceptors (Lipinski definition) is 4. The molecule has 1 aromatic heterocycles. The van der Waals surface area contributed by atoms with Gasteiger partial charge in [-0.15, -0.1) is 0 Å². The van der Waals surface area contributed by atoms with Crippen LogP contribution in [-0.2, 0) is 4.74 Å². The Kier molecular flexibility index (Phi) is 5.63. The summed E-state index contributed by atoms with van der Waals surface area (Å²) in [5.74, 6) is -0.702. The maximum absolute atomic E-state index is 13.8. The molecule has 1 heterocycles. The van der Waals surface area contributed by atoms with Crippen molar-refractivity contribution >= 4 is 16.8 Å². The first kappa shape index (κ1) is 20.2. The van der Waals surface area contributed by atoms with Crippen LogP contribution in [0.25, 0.3) is 10.9 Å². The zero-order valence-corrected chi connectivity index (χ0v) is 16.8. The van der Waals surface area contributed by atoms with E-state index in [-0.39, 0.29) is 23.1 Å². The lowest BCUT2D eigenvalue weighted by Gasteiger charge is -2.39. The van der Waals surface area contributed by atoms with E-state index in [0.717, 1.165) is 25.7 Å². The van der Waals surface area contributed by atoms with Gasteiger partial charge in [0.1, 0.15) is 11.3 Å². The molecule has 0 saturated heterocycles. The Morgan fingerprint density at radius 1 is 1.20 bits per heavy atom. The number of ether oxygens (including phenoxy) is 1. The van der Waals surface area contributed by atoms with Crippen LogP contribution >= 0.6 is 0 Å². The number of rotatable bonds is 5. The van der Waals surface area contributed by atoms with Gasteiger partial charge in [-0.3, -0.25) is 14.7 Å². The molecule has 0 unspecified atom stereocenters. The van der Waals surface area contributed by atoms with E-state index < -0.39 is 22.8 Å². The molecule has 30 heavy (non-hydrogen) atoms. The van der Waals surface area contributed by atoms with Crippen LogP contribution < -0.4 is 10.7 Å². The average molecular weight is 409 g/mol. The second kappa shape index (κ2) is 8.36. The van der Waals surface area contributed by atoms with Crippen LogP contribution in [-0.4, -0.2) is 35.4 Å². The molecule has 2 N–H and O–H groups in total. The van der Waals surface area contributed by atoms with Gasteiger partial charge < -0.3 is 10.1 Å². The number of fused-ring (bicyclic) bond motifs is 1. The van der Waals surface area contributed by atoms with Gasteiger partial charge >= 0.3 is 0 Å².